The summed E-state index contributed by atoms with van der Waals surface area (Å²) < 4.78 is 34.8. The summed E-state index contributed by atoms with van der Waals surface area (Å²) >= 11 is 0. The van der Waals surface area contributed by atoms with E-state index < -0.39 is 12.0 Å². The van der Waals surface area contributed by atoms with Crippen LogP contribution in [-0.2, 0) is 11.3 Å². The van der Waals surface area contributed by atoms with E-state index >= 15 is 0 Å². The molecule has 0 bridgehead atoms. The van der Waals surface area contributed by atoms with E-state index in [0.29, 0.717) is 30.4 Å². The Kier molecular flexibility index (Phi) is 8.77. The number of ether oxygens (including phenoxy) is 2. The van der Waals surface area contributed by atoms with Gasteiger partial charge in [0.05, 0.1) is 7.11 Å². The molecule has 0 saturated heterocycles. The number of halogens is 2. The number of hydrogen-bond donors (Lipinski definition) is 3. The van der Waals surface area contributed by atoms with Crippen LogP contribution in [0.25, 0.3) is 0 Å². The van der Waals surface area contributed by atoms with Crippen LogP contribution in [0.1, 0.15) is 26.3 Å². The average molecular weight is 386 g/mol. The molecule has 0 fully saturated rings. The van der Waals surface area contributed by atoms with Crippen molar-refractivity contribution in [2.75, 3.05) is 27.2 Å². The summed E-state index contributed by atoms with van der Waals surface area (Å²) in [5.74, 6) is 1.01. The summed E-state index contributed by atoms with van der Waals surface area (Å²) in [6.07, 6.45) is 0. The van der Waals surface area contributed by atoms with Gasteiger partial charge in [0.15, 0.2) is 5.96 Å². The van der Waals surface area contributed by atoms with E-state index in [1.807, 2.05) is 20.8 Å². The minimum absolute atomic E-state index is 0.0441. The topological polar surface area (TPSA) is 84.0 Å². The van der Waals surface area contributed by atoms with Crippen LogP contribution < -0.4 is 25.4 Å². The SMILES string of the molecule is CN=C(NCCNC(=O)C(C)(C)C)NCc1cc(OC)ccc1OC(F)F. The van der Waals surface area contributed by atoms with Crippen molar-refractivity contribution in [1.29, 1.82) is 0 Å². The van der Waals surface area contributed by atoms with E-state index in [1.165, 1.54) is 13.2 Å². The van der Waals surface area contributed by atoms with Crippen molar-refractivity contribution in [2.45, 2.75) is 33.9 Å². The van der Waals surface area contributed by atoms with E-state index in [4.69, 9.17) is 4.74 Å². The molecule has 3 N–H and O–H groups in total. The molecule has 152 valence electrons. The van der Waals surface area contributed by atoms with Crippen molar-refractivity contribution in [2.24, 2.45) is 10.4 Å². The van der Waals surface area contributed by atoms with E-state index in [2.05, 4.69) is 25.7 Å². The highest BCUT2D eigenvalue weighted by molar-refractivity contribution is 5.81. The molecule has 0 spiro atoms. The first kappa shape index (κ1) is 22.5. The summed E-state index contributed by atoms with van der Waals surface area (Å²) in [6, 6.07) is 4.59. The first-order valence-electron chi connectivity index (χ1n) is 8.52. The molecular weight excluding hydrogens is 358 g/mol. The maximum absolute atomic E-state index is 12.6. The minimum atomic E-state index is -2.92. The largest absolute Gasteiger partial charge is 0.497 e. The molecule has 1 amide bonds. The fourth-order valence-corrected chi connectivity index (χ4v) is 2.05. The van der Waals surface area contributed by atoms with Gasteiger partial charge < -0.3 is 25.4 Å². The summed E-state index contributed by atoms with van der Waals surface area (Å²) in [7, 11) is 3.08. The smallest absolute Gasteiger partial charge is 0.387 e. The number of nitrogens with one attached hydrogen (secondary N) is 3. The fraction of sp³-hybridized carbons (Fsp3) is 0.556. The van der Waals surface area contributed by atoms with Crippen molar-refractivity contribution in [3.05, 3.63) is 23.8 Å². The monoisotopic (exact) mass is 386 g/mol. The Balaban J connectivity index is 2.58. The number of methoxy groups -OCH3 is 1. The Labute approximate surface area is 158 Å². The third-order valence-electron chi connectivity index (χ3n) is 3.54. The van der Waals surface area contributed by atoms with Gasteiger partial charge in [0.1, 0.15) is 11.5 Å². The van der Waals surface area contributed by atoms with E-state index in [9.17, 15) is 13.6 Å². The third kappa shape index (κ3) is 8.10. The molecule has 7 nitrogen and oxygen atoms in total. The number of carbonyl (C=O) groups is 1. The van der Waals surface area contributed by atoms with Gasteiger partial charge in [-0.1, -0.05) is 20.8 Å². The second kappa shape index (κ2) is 10.5. The lowest BCUT2D eigenvalue weighted by Gasteiger charge is -2.18. The van der Waals surface area contributed by atoms with Crippen molar-refractivity contribution in [3.8, 4) is 11.5 Å². The molecular formula is C18H28F2N4O3. The number of amides is 1. The molecule has 9 heteroatoms. The highest BCUT2D eigenvalue weighted by atomic mass is 19.3. The lowest BCUT2D eigenvalue weighted by Crippen LogP contribution is -2.43. The number of carbonyl (C=O) groups excluding carboxylic acids is 1. The zero-order valence-corrected chi connectivity index (χ0v) is 16.4. The summed E-state index contributed by atoms with van der Waals surface area (Å²) in [5.41, 5.74) is 0.0477. The predicted molar refractivity (Wildman–Crippen MR) is 100 cm³/mol. The minimum Gasteiger partial charge on any atom is -0.497 e. The Morgan fingerprint density at radius 1 is 1.19 bits per heavy atom. The molecule has 1 rings (SSSR count). The number of nitrogens with zero attached hydrogens (tertiary/aromatic N) is 1. The number of alkyl halides is 2. The first-order valence-corrected chi connectivity index (χ1v) is 8.52. The van der Waals surface area contributed by atoms with Crippen molar-refractivity contribution in [1.82, 2.24) is 16.0 Å². The van der Waals surface area contributed by atoms with Crippen molar-refractivity contribution in [3.63, 3.8) is 0 Å². The Hall–Kier alpha value is -2.58. The summed E-state index contributed by atoms with van der Waals surface area (Å²) in [6.45, 7) is 3.68. The number of rotatable bonds is 8. The zero-order valence-electron chi connectivity index (χ0n) is 16.4. The second-order valence-corrected chi connectivity index (χ2v) is 6.71. The standard InChI is InChI=1S/C18H28F2N4O3/c1-18(2,3)15(25)22-8-9-23-17(21-4)24-11-12-10-13(26-5)6-7-14(12)27-16(19)20/h6-7,10,16H,8-9,11H2,1-5H3,(H,22,25)(H2,21,23,24). The van der Waals surface area contributed by atoms with Crippen LogP contribution in [0.5, 0.6) is 11.5 Å². The predicted octanol–water partition coefficient (Wildman–Crippen LogP) is 2.12. The van der Waals surface area contributed by atoms with Gasteiger partial charge in [-0.05, 0) is 18.2 Å². The molecule has 0 aliphatic carbocycles. The van der Waals surface area contributed by atoms with Crippen LogP contribution in [-0.4, -0.2) is 45.7 Å². The molecule has 0 aliphatic rings. The van der Waals surface area contributed by atoms with Crippen LogP contribution in [0, 0.1) is 5.41 Å². The average Bonchev–Trinajstić information content (AvgIpc) is 2.60. The van der Waals surface area contributed by atoms with Gasteiger partial charge in [-0.15, -0.1) is 0 Å². The van der Waals surface area contributed by atoms with Gasteiger partial charge in [0, 0.05) is 37.7 Å². The maximum atomic E-state index is 12.6. The number of hydrogen-bond acceptors (Lipinski definition) is 4. The quantitative estimate of drug-likeness (QED) is 0.362. The highest BCUT2D eigenvalue weighted by Gasteiger charge is 2.20. The van der Waals surface area contributed by atoms with Gasteiger partial charge >= 0.3 is 6.61 Å². The maximum Gasteiger partial charge on any atom is 0.387 e. The molecule has 0 saturated carbocycles. The zero-order chi connectivity index (χ0) is 20.4. The van der Waals surface area contributed by atoms with Crippen LogP contribution in [0.15, 0.2) is 23.2 Å². The molecule has 0 aromatic heterocycles. The van der Waals surface area contributed by atoms with Crippen LogP contribution in [0.3, 0.4) is 0 Å². The molecule has 0 radical (unpaired) electrons. The number of guanidine groups is 1. The fourth-order valence-electron chi connectivity index (χ4n) is 2.05. The summed E-state index contributed by atoms with van der Waals surface area (Å²) in [4.78, 5) is 15.9. The highest BCUT2D eigenvalue weighted by Crippen LogP contribution is 2.25. The third-order valence-corrected chi connectivity index (χ3v) is 3.54. The molecule has 27 heavy (non-hydrogen) atoms. The molecule has 0 aliphatic heterocycles. The first-order chi connectivity index (χ1) is 12.7. The number of aliphatic imine (C=N–C) groups is 1. The van der Waals surface area contributed by atoms with Crippen LogP contribution in [0.2, 0.25) is 0 Å². The van der Waals surface area contributed by atoms with Gasteiger partial charge in [0.2, 0.25) is 5.91 Å². The van der Waals surface area contributed by atoms with Crippen molar-refractivity contribution >= 4 is 11.9 Å². The van der Waals surface area contributed by atoms with Crippen LogP contribution >= 0.6 is 0 Å². The van der Waals surface area contributed by atoms with Gasteiger partial charge in [0.25, 0.3) is 0 Å². The second-order valence-electron chi connectivity index (χ2n) is 6.71. The van der Waals surface area contributed by atoms with Gasteiger partial charge in [-0.25, -0.2) is 0 Å². The van der Waals surface area contributed by atoms with E-state index in [-0.39, 0.29) is 18.2 Å². The Morgan fingerprint density at radius 3 is 2.41 bits per heavy atom. The molecule has 1 aromatic carbocycles. The Bertz CT molecular complexity index is 646. The Morgan fingerprint density at radius 2 is 1.85 bits per heavy atom. The normalized spacial score (nSPS) is 11.9. The van der Waals surface area contributed by atoms with Gasteiger partial charge in [-0.2, -0.15) is 8.78 Å². The summed E-state index contributed by atoms with van der Waals surface area (Å²) in [5, 5.41) is 8.87. The molecule has 0 unspecified atom stereocenters. The van der Waals surface area contributed by atoms with Crippen LogP contribution in [0.4, 0.5) is 8.78 Å². The van der Waals surface area contributed by atoms with Crippen molar-refractivity contribution < 1.29 is 23.0 Å². The molecule has 1 aromatic rings. The lowest BCUT2D eigenvalue weighted by atomic mass is 9.96. The van der Waals surface area contributed by atoms with E-state index in [0.717, 1.165) is 0 Å². The molecule has 0 atom stereocenters. The lowest BCUT2D eigenvalue weighted by molar-refractivity contribution is -0.128. The number of benzene rings is 1. The van der Waals surface area contributed by atoms with E-state index in [1.54, 1.807) is 19.2 Å². The van der Waals surface area contributed by atoms with Gasteiger partial charge in [-0.3, -0.25) is 9.79 Å². The molecule has 0 heterocycles.